The summed E-state index contributed by atoms with van der Waals surface area (Å²) in [6.45, 7) is 6.98. The van der Waals surface area contributed by atoms with Crippen LogP contribution in [0.15, 0.2) is 12.1 Å². The van der Waals surface area contributed by atoms with Gasteiger partial charge in [0.2, 0.25) is 5.79 Å². The fourth-order valence-electron chi connectivity index (χ4n) is 3.09. The van der Waals surface area contributed by atoms with Crippen LogP contribution in [0.3, 0.4) is 0 Å². The van der Waals surface area contributed by atoms with Crippen molar-refractivity contribution in [3.8, 4) is 11.5 Å². The molecular formula is C14H18O3. The molecular weight excluding hydrogens is 216 g/mol. The van der Waals surface area contributed by atoms with E-state index in [-0.39, 0.29) is 5.75 Å². The maximum absolute atomic E-state index is 9.62. The molecule has 0 spiro atoms. The van der Waals surface area contributed by atoms with Crippen molar-refractivity contribution in [1.29, 1.82) is 0 Å². The summed E-state index contributed by atoms with van der Waals surface area (Å²) in [5.74, 6) is 1.43. The first kappa shape index (κ1) is 10.9. The van der Waals surface area contributed by atoms with E-state index in [1.54, 1.807) is 12.1 Å². The normalized spacial score (nSPS) is 35.0. The van der Waals surface area contributed by atoms with Gasteiger partial charge >= 0.3 is 0 Å². The summed E-state index contributed by atoms with van der Waals surface area (Å²) in [5.41, 5.74) is 2.31. The lowest BCUT2D eigenvalue weighted by Gasteiger charge is -2.38. The number of aryl methyl sites for hydroxylation is 1. The van der Waals surface area contributed by atoms with E-state index in [0.717, 1.165) is 24.3 Å². The van der Waals surface area contributed by atoms with Crippen LogP contribution in [0.25, 0.3) is 0 Å². The number of rotatable bonds is 0. The minimum atomic E-state index is -0.521. The van der Waals surface area contributed by atoms with Crippen LogP contribution in [-0.2, 0) is 11.2 Å². The van der Waals surface area contributed by atoms with Crippen molar-refractivity contribution in [2.75, 3.05) is 6.61 Å². The Hall–Kier alpha value is -1.22. The molecule has 92 valence electrons. The van der Waals surface area contributed by atoms with Crippen LogP contribution < -0.4 is 4.74 Å². The lowest BCUT2D eigenvalue weighted by Crippen LogP contribution is -2.43. The smallest absolute Gasteiger partial charge is 0.211 e. The lowest BCUT2D eigenvalue weighted by atomic mass is 9.81. The van der Waals surface area contributed by atoms with Crippen molar-refractivity contribution in [3.05, 3.63) is 23.3 Å². The predicted molar refractivity (Wildman–Crippen MR) is 64.2 cm³/mol. The highest BCUT2D eigenvalue weighted by atomic mass is 16.7. The number of ether oxygens (including phenoxy) is 2. The van der Waals surface area contributed by atoms with Gasteiger partial charge in [-0.2, -0.15) is 0 Å². The number of benzene rings is 1. The van der Waals surface area contributed by atoms with Gasteiger partial charge in [-0.15, -0.1) is 0 Å². The van der Waals surface area contributed by atoms with Gasteiger partial charge < -0.3 is 14.6 Å². The number of hydrogen-bond acceptors (Lipinski definition) is 3. The third-order valence-electron chi connectivity index (χ3n) is 4.15. The first-order chi connectivity index (χ1) is 7.99. The highest BCUT2D eigenvalue weighted by molar-refractivity contribution is 5.47. The molecule has 3 atom stereocenters. The second-order valence-electron chi connectivity index (χ2n) is 5.46. The molecule has 1 fully saturated rings. The minimum absolute atomic E-state index is 0.259. The maximum atomic E-state index is 9.62. The van der Waals surface area contributed by atoms with Gasteiger partial charge in [0, 0.05) is 18.9 Å². The topological polar surface area (TPSA) is 38.7 Å². The van der Waals surface area contributed by atoms with E-state index >= 15 is 0 Å². The van der Waals surface area contributed by atoms with Crippen molar-refractivity contribution in [2.45, 2.75) is 33.0 Å². The second kappa shape index (κ2) is 3.39. The van der Waals surface area contributed by atoms with Crippen LogP contribution in [0.4, 0.5) is 0 Å². The number of aromatic hydroxyl groups is 1. The molecule has 3 heteroatoms. The molecule has 0 unspecified atom stereocenters. The summed E-state index contributed by atoms with van der Waals surface area (Å²) < 4.78 is 11.8. The summed E-state index contributed by atoms with van der Waals surface area (Å²) in [4.78, 5) is 0. The molecule has 1 aromatic rings. The molecule has 2 aliphatic heterocycles. The highest BCUT2D eigenvalue weighted by Gasteiger charge is 2.50. The maximum Gasteiger partial charge on any atom is 0.211 e. The Labute approximate surface area is 101 Å². The molecule has 0 saturated carbocycles. The van der Waals surface area contributed by atoms with Crippen LogP contribution >= 0.6 is 0 Å². The summed E-state index contributed by atoms with van der Waals surface area (Å²) in [6, 6.07) is 3.49. The highest BCUT2D eigenvalue weighted by Crippen LogP contribution is 2.47. The van der Waals surface area contributed by atoms with Crippen molar-refractivity contribution in [1.82, 2.24) is 0 Å². The SMILES string of the molecule is Cc1cc(O)cc2c1C[C@H]1[C@H](C)CO[C@@]1(C)O2. The zero-order valence-corrected chi connectivity index (χ0v) is 10.5. The first-order valence-electron chi connectivity index (χ1n) is 6.15. The molecule has 0 aromatic heterocycles. The fraction of sp³-hybridized carbons (Fsp3) is 0.571. The third kappa shape index (κ3) is 1.53. The quantitative estimate of drug-likeness (QED) is 0.750. The zero-order valence-electron chi connectivity index (χ0n) is 10.5. The van der Waals surface area contributed by atoms with Crippen LogP contribution in [0, 0.1) is 18.8 Å². The summed E-state index contributed by atoms with van der Waals surface area (Å²) in [7, 11) is 0. The van der Waals surface area contributed by atoms with Crippen molar-refractivity contribution in [2.24, 2.45) is 11.8 Å². The molecule has 1 saturated heterocycles. The molecule has 0 amide bonds. The number of phenolic OH excluding ortho intramolecular Hbond substituents is 1. The number of hydrogen-bond donors (Lipinski definition) is 1. The van der Waals surface area contributed by atoms with Crippen molar-refractivity contribution >= 4 is 0 Å². The molecule has 0 aliphatic carbocycles. The molecule has 3 rings (SSSR count). The first-order valence-corrected chi connectivity index (χ1v) is 6.15. The Balaban J connectivity index is 2.07. The van der Waals surface area contributed by atoms with Crippen LogP contribution in [-0.4, -0.2) is 17.5 Å². The molecule has 3 nitrogen and oxygen atoms in total. The van der Waals surface area contributed by atoms with E-state index in [1.165, 1.54) is 5.56 Å². The third-order valence-corrected chi connectivity index (χ3v) is 4.15. The van der Waals surface area contributed by atoms with E-state index in [9.17, 15) is 5.11 Å². The average molecular weight is 234 g/mol. The Morgan fingerprint density at radius 3 is 2.94 bits per heavy atom. The summed E-state index contributed by atoms with van der Waals surface area (Å²) in [5, 5.41) is 9.62. The van der Waals surface area contributed by atoms with E-state index in [1.807, 2.05) is 13.8 Å². The van der Waals surface area contributed by atoms with Crippen LogP contribution in [0.5, 0.6) is 11.5 Å². The Morgan fingerprint density at radius 2 is 2.18 bits per heavy atom. The fourth-order valence-corrected chi connectivity index (χ4v) is 3.09. The van der Waals surface area contributed by atoms with E-state index in [4.69, 9.17) is 9.47 Å². The molecule has 0 bridgehead atoms. The van der Waals surface area contributed by atoms with E-state index in [0.29, 0.717) is 11.8 Å². The number of fused-ring (bicyclic) bond motifs is 2. The molecule has 2 aliphatic rings. The standard InChI is InChI=1S/C14H18O3/c1-8-4-10(15)5-13-11(8)6-12-9(2)7-16-14(12,3)17-13/h4-5,9,12,15H,6-7H2,1-3H3/t9-,12+,14+/m1/s1. The summed E-state index contributed by atoms with van der Waals surface area (Å²) in [6.07, 6.45) is 0.971. The van der Waals surface area contributed by atoms with Gasteiger partial charge in [-0.3, -0.25) is 0 Å². The van der Waals surface area contributed by atoms with Crippen LogP contribution in [0.1, 0.15) is 25.0 Å². The van der Waals surface area contributed by atoms with Gasteiger partial charge in [0.1, 0.15) is 11.5 Å². The molecule has 17 heavy (non-hydrogen) atoms. The van der Waals surface area contributed by atoms with E-state index < -0.39 is 5.79 Å². The van der Waals surface area contributed by atoms with Gasteiger partial charge in [0.15, 0.2) is 0 Å². The molecule has 0 radical (unpaired) electrons. The second-order valence-corrected chi connectivity index (χ2v) is 5.46. The summed E-state index contributed by atoms with van der Waals surface area (Å²) >= 11 is 0. The van der Waals surface area contributed by atoms with Crippen molar-refractivity contribution in [3.63, 3.8) is 0 Å². The molecule has 2 heterocycles. The Morgan fingerprint density at radius 1 is 1.41 bits per heavy atom. The Bertz CT molecular complexity index is 469. The van der Waals surface area contributed by atoms with Gasteiger partial charge in [-0.1, -0.05) is 6.92 Å². The molecule has 1 N–H and O–H groups in total. The number of phenols is 1. The average Bonchev–Trinajstić information content (AvgIpc) is 2.52. The minimum Gasteiger partial charge on any atom is -0.508 e. The Kier molecular flexibility index (Phi) is 2.17. The van der Waals surface area contributed by atoms with Gasteiger partial charge in [-0.05, 0) is 36.5 Å². The monoisotopic (exact) mass is 234 g/mol. The van der Waals surface area contributed by atoms with Crippen molar-refractivity contribution < 1.29 is 14.6 Å². The molecule has 1 aromatic carbocycles. The van der Waals surface area contributed by atoms with E-state index in [2.05, 4.69) is 6.92 Å². The van der Waals surface area contributed by atoms with Gasteiger partial charge in [0.05, 0.1) is 6.61 Å². The van der Waals surface area contributed by atoms with Crippen LogP contribution in [0.2, 0.25) is 0 Å². The van der Waals surface area contributed by atoms with Gasteiger partial charge in [0.25, 0.3) is 0 Å². The predicted octanol–water partition coefficient (Wildman–Crippen LogP) is 2.63. The van der Waals surface area contributed by atoms with Gasteiger partial charge in [-0.25, -0.2) is 0 Å². The zero-order chi connectivity index (χ0) is 12.2. The lowest BCUT2D eigenvalue weighted by molar-refractivity contribution is -0.166. The largest absolute Gasteiger partial charge is 0.508 e.